The van der Waals surface area contributed by atoms with E-state index in [0.717, 1.165) is 18.4 Å². The highest BCUT2D eigenvalue weighted by Gasteiger charge is 2.28. The Morgan fingerprint density at radius 1 is 1.32 bits per heavy atom. The minimum atomic E-state index is -0.951. The summed E-state index contributed by atoms with van der Waals surface area (Å²) in [4.78, 5) is 22.5. The molecule has 1 aliphatic carbocycles. The molecule has 0 heterocycles. The molecule has 1 amide bonds. The molecule has 0 unspecified atom stereocenters. The smallest absolute Gasteiger partial charge is 0.337 e. The lowest BCUT2D eigenvalue weighted by Crippen LogP contribution is -2.30. The van der Waals surface area contributed by atoms with Crippen molar-refractivity contribution in [2.24, 2.45) is 5.92 Å². The number of carbonyl (C=O) groups excluding carboxylic acids is 1. The van der Waals surface area contributed by atoms with Gasteiger partial charge in [-0.1, -0.05) is 11.6 Å². The molecule has 1 aromatic carbocycles. The SMILES string of the molecule is Cc1ccc(NCCNC(=O)C2CC2)c(C(=O)O)c1. The quantitative estimate of drug-likeness (QED) is 0.681. The van der Waals surface area contributed by atoms with Crippen molar-refractivity contribution in [2.75, 3.05) is 18.4 Å². The second kappa shape index (κ2) is 5.73. The third kappa shape index (κ3) is 3.71. The summed E-state index contributed by atoms with van der Waals surface area (Å²) in [5, 5.41) is 15.0. The Balaban J connectivity index is 1.84. The number of rotatable bonds is 6. The summed E-state index contributed by atoms with van der Waals surface area (Å²) in [7, 11) is 0. The van der Waals surface area contributed by atoms with E-state index in [0.29, 0.717) is 18.8 Å². The summed E-state index contributed by atoms with van der Waals surface area (Å²) in [6, 6.07) is 5.24. The monoisotopic (exact) mass is 262 g/mol. The van der Waals surface area contributed by atoms with E-state index in [1.54, 1.807) is 12.1 Å². The summed E-state index contributed by atoms with van der Waals surface area (Å²) in [6.45, 7) is 2.87. The first kappa shape index (κ1) is 13.4. The normalized spacial score (nSPS) is 13.9. The lowest BCUT2D eigenvalue weighted by molar-refractivity contribution is -0.122. The number of benzene rings is 1. The van der Waals surface area contributed by atoms with Crippen LogP contribution in [0.25, 0.3) is 0 Å². The van der Waals surface area contributed by atoms with E-state index in [-0.39, 0.29) is 17.4 Å². The van der Waals surface area contributed by atoms with Gasteiger partial charge in [0.05, 0.1) is 5.56 Å². The molecule has 0 radical (unpaired) electrons. The Hall–Kier alpha value is -2.04. The zero-order valence-corrected chi connectivity index (χ0v) is 10.9. The average Bonchev–Trinajstić information content (AvgIpc) is 3.19. The van der Waals surface area contributed by atoms with Gasteiger partial charge in [-0.2, -0.15) is 0 Å². The standard InChI is InChI=1S/C14H18N2O3/c1-9-2-5-12(11(8-9)14(18)19)15-6-7-16-13(17)10-3-4-10/h2,5,8,10,15H,3-4,6-7H2,1H3,(H,16,17)(H,18,19). The third-order valence-corrected chi connectivity index (χ3v) is 3.09. The highest BCUT2D eigenvalue weighted by atomic mass is 16.4. The van der Waals surface area contributed by atoms with Crippen LogP contribution in [0, 0.1) is 12.8 Å². The van der Waals surface area contributed by atoms with Gasteiger partial charge in [0.1, 0.15) is 0 Å². The number of anilines is 1. The summed E-state index contributed by atoms with van der Waals surface area (Å²) in [5.74, 6) is -0.647. The number of carbonyl (C=O) groups is 2. The van der Waals surface area contributed by atoms with E-state index >= 15 is 0 Å². The van der Waals surface area contributed by atoms with E-state index in [1.165, 1.54) is 0 Å². The van der Waals surface area contributed by atoms with Crippen molar-refractivity contribution in [3.05, 3.63) is 29.3 Å². The van der Waals surface area contributed by atoms with Crippen molar-refractivity contribution in [3.63, 3.8) is 0 Å². The zero-order valence-electron chi connectivity index (χ0n) is 10.9. The van der Waals surface area contributed by atoms with Crippen molar-refractivity contribution in [1.82, 2.24) is 5.32 Å². The van der Waals surface area contributed by atoms with Gasteiger partial charge in [-0.25, -0.2) is 4.79 Å². The number of hydrogen-bond acceptors (Lipinski definition) is 3. The molecular weight excluding hydrogens is 244 g/mol. The fourth-order valence-corrected chi connectivity index (χ4v) is 1.86. The Bertz CT molecular complexity index is 495. The van der Waals surface area contributed by atoms with Gasteiger partial charge < -0.3 is 15.7 Å². The maximum absolute atomic E-state index is 11.4. The fraction of sp³-hybridized carbons (Fsp3) is 0.429. The van der Waals surface area contributed by atoms with E-state index in [1.807, 2.05) is 13.0 Å². The van der Waals surface area contributed by atoms with Crippen molar-refractivity contribution >= 4 is 17.6 Å². The average molecular weight is 262 g/mol. The van der Waals surface area contributed by atoms with Crippen LogP contribution in [0.2, 0.25) is 0 Å². The number of aromatic carboxylic acids is 1. The lowest BCUT2D eigenvalue weighted by atomic mass is 10.1. The maximum Gasteiger partial charge on any atom is 0.337 e. The number of amides is 1. The van der Waals surface area contributed by atoms with Gasteiger partial charge >= 0.3 is 5.97 Å². The first-order valence-electron chi connectivity index (χ1n) is 6.43. The molecule has 3 N–H and O–H groups in total. The van der Waals surface area contributed by atoms with Gasteiger partial charge in [0.2, 0.25) is 5.91 Å². The van der Waals surface area contributed by atoms with Crippen molar-refractivity contribution in [3.8, 4) is 0 Å². The van der Waals surface area contributed by atoms with Crippen molar-refractivity contribution in [1.29, 1.82) is 0 Å². The molecule has 0 aromatic heterocycles. The van der Waals surface area contributed by atoms with Gasteiger partial charge in [0, 0.05) is 24.7 Å². The molecule has 1 aromatic rings. The van der Waals surface area contributed by atoms with E-state index < -0.39 is 5.97 Å². The number of carboxylic acid groups (broad SMARTS) is 1. The van der Waals surface area contributed by atoms with Crippen LogP contribution in [0.4, 0.5) is 5.69 Å². The summed E-state index contributed by atoms with van der Waals surface area (Å²) >= 11 is 0. The number of nitrogens with one attached hydrogen (secondary N) is 2. The maximum atomic E-state index is 11.4. The van der Waals surface area contributed by atoms with Crippen molar-refractivity contribution < 1.29 is 14.7 Å². The molecule has 0 aliphatic heterocycles. The molecule has 5 heteroatoms. The van der Waals surface area contributed by atoms with E-state index in [4.69, 9.17) is 5.11 Å². The molecule has 0 spiro atoms. The van der Waals surface area contributed by atoms with Crippen LogP contribution in [0.3, 0.4) is 0 Å². The molecule has 1 aliphatic rings. The topological polar surface area (TPSA) is 78.4 Å². The minimum Gasteiger partial charge on any atom is -0.478 e. The first-order valence-corrected chi connectivity index (χ1v) is 6.43. The fourth-order valence-electron chi connectivity index (χ4n) is 1.86. The van der Waals surface area contributed by atoms with Gasteiger partial charge in [-0.05, 0) is 31.9 Å². The molecule has 0 atom stereocenters. The van der Waals surface area contributed by atoms with Crippen LogP contribution in [0.1, 0.15) is 28.8 Å². The Kier molecular flexibility index (Phi) is 4.04. The molecule has 5 nitrogen and oxygen atoms in total. The Morgan fingerprint density at radius 2 is 2.05 bits per heavy atom. The van der Waals surface area contributed by atoms with Crippen LogP contribution in [-0.4, -0.2) is 30.1 Å². The van der Waals surface area contributed by atoms with Gasteiger partial charge in [0.25, 0.3) is 0 Å². The molecule has 1 saturated carbocycles. The van der Waals surface area contributed by atoms with E-state index in [9.17, 15) is 9.59 Å². The van der Waals surface area contributed by atoms with Crippen LogP contribution < -0.4 is 10.6 Å². The van der Waals surface area contributed by atoms with Gasteiger partial charge in [0.15, 0.2) is 0 Å². The molecule has 2 rings (SSSR count). The second-order valence-electron chi connectivity index (χ2n) is 4.85. The number of carboxylic acids is 1. The molecule has 1 fully saturated rings. The van der Waals surface area contributed by atoms with Crippen LogP contribution in [-0.2, 0) is 4.79 Å². The summed E-state index contributed by atoms with van der Waals surface area (Å²) < 4.78 is 0. The number of hydrogen-bond donors (Lipinski definition) is 3. The van der Waals surface area contributed by atoms with Crippen molar-refractivity contribution in [2.45, 2.75) is 19.8 Å². The molecule has 19 heavy (non-hydrogen) atoms. The predicted molar refractivity (Wildman–Crippen MR) is 72.4 cm³/mol. The minimum absolute atomic E-state index is 0.101. The Morgan fingerprint density at radius 3 is 2.68 bits per heavy atom. The highest BCUT2D eigenvalue weighted by Crippen LogP contribution is 2.28. The molecule has 0 bridgehead atoms. The highest BCUT2D eigenvalue weighted by molar-refractivity contribution is 5.94. The first-order chi connectivity index (χ1) is 9.08. The summed E-state index contributed by atoms with van der Waals surface area (Å²) in [5.41, 5.74) is 1.75. The molecular formula is C14H18N2O3. The zero-order chi connectivity index (χ0) is 13.8. The number of aryl methyl sites for hydroxylation is 1. The van der Waals surface area contributed by atoms with Gasteiger partial charge in [-0.15, -0.1) is 0 Å². The van der Waals surface area contributed by atoms with Gasteiger partial charge in [-0.3, -0.25) is 4.79 Å². The van der Waals surface area contributed by atoms with Crippen LogP contribution >= 0.6 is 0 Å². The predicted octanol–water partition coefficient (Wildman–Crippen LogP) is 1.63. The Labute approximate surface area is 112 Å². The third-order valence-electron chi connectivity index (χ3n) is 3.09. The van der Waals surface area contributed by atoms with E-state index in [2.05, 4.69) is 10.6 Å². The van der Waals surface area contributed by atoms with Crippen LogP contribution in [0.5, 0.6) is 0 Å². The molecule has 0 saturated heterocycles. The lowest BCUT2D eigenvalue weighted by Gasteiger charge is -2.11. The second-order valence-corrected chi connectivity index (χ2v) is 4.85. The largest absolute Gasteiger partial charge is 0.478 e. The molecule has 102 valence electrons. The van der Waals surface area contributed by atoms with Crippen LogP contribution in [0.15, 0.2) is 18.2 Å². The summed E-state index contributed by atoms with van der Waals surface area (Å²) in [6.07, 6.45) is 1.97.